The van der Waals surface area contributed by atoms with Crippen molar-refractivity contribution in [3.63, 3.8) is 0 Å². The number of carbonyl (C=O) groups excluding carboxylic acids is 2. The van der Waals surface area contributed by atoms with E-state index >= 15 is 0 Å². The molecule has 0 aliphatic carbocycles. The van der Waals surface area contributed by atoms with Gasteiger partial charge in [0.05, 0.1) is 0 Å². The van der Waals surface area contributed by atoms with Gasteiger partial charge in [0, 0.05) is 29.8 Å². The van der Waals surface area contributed by atoms with Crippen LogP contribution in [0.25, 0.3) is 0 Å². The van der Waals surface area contributed by atoms with Crippen LogP contribution in [0.3, 0.4) is 0 Å². The molecule has 1 N–H and O–H groups in total. The summed E-state index contributed by atoms with van der Waals surface area (Å²) < 4.78 is 0. The summed E-state index contributed by atoms with van der Waals surface area (Å²) in [5.41, 5.74) is 0.901. The summed E-state index contributed by atoms with van der Waals surface area (Å²) in [6, 6.07) is 2.82. The van der Waals surface area contributed by atoms with Crippen LogP contribution in [0.4, 0.5) is 4.79 Å². The van der Waals surface area contributed by atoms with E-state index in [1.54, 1.807) is 6.07 Å². The summed E-state index contributed by atoms with van der Waals surface area (Å²) >= 11 is 5.96. The average molecular weight is 282 g/mol. The number of nitrogens with zero attached hydrogens (tertiary/aromatic N) is 2. The fourth-order valence-electron chi connectivity index (χ4n) is 1.83. The average Bonchev–Trinajstić information content (AvgIpc) is 2.72. The number of nitrogens with one attached hydrogen (secondary N) is 1. The Morgan fingerprint density at radius 2 is 2.11 bits per heavy atom. The zero-order valence-electron chi connectivity index (χ0n) is 11.2. The Hall–Kier alpha value is -1.62. The van der Waals surface area contributed by atoms with Crippen molar-refractivity contribution in [1.29, 1.82) is 0 Å². The third kappa shape index (κ3) is 2.87. The lowest BCUT2D eigenvalue weighted by molar-refractivity contribution is 0.0829. The largest absolute Gasteiger partial charge is 0.336 e. The Morgan fingerprint density at radius 1 is 1.42 bits per heavy atom. The first kappa shape index (κ1) is 13.8. The van der Waals surface area contributed by atoms with Gasteiger partial charge in [0.15, 0.2) is 0 Å². The normalized spacial score (nSPS) is 15.6. The number of aromatic nitrogens is 1. The first-order valence-electron chi connectivity index (χ1n) is 6.07. The topological polar surface area (TPSA) is 62.3 Å². The van der Waals surface area contributed by atoms with Gasteiger partial charge in [0.1, 0.15) is 5.15 Å². The van der Waals surface area contributed by atoms with E-state index in [4.69, 9.17) is 11.6 Å². The van der Waals surface area contributed by atoms with Crippen LogP contribution in [0.1, 0.15) is 36.8 Å². The maximum Gasteiger partial charge on any atom is 0.324 e. The third-order valence-electron chi connectivity index (χ3n) is 2.91. The predicted octanol–water partition coefficient (Wildman–Crippen LogP) is 2.20. The highest BCUT2D eigenvalue weighted by Gasteiger charge is 2.28. The van der Waals surface area contributed by atoms with E-state index < -0.39 is 0 Å². The SMILES string of the molecule is CC(C)(C)c1cc(C(=O)N2CCNC2=O)cc(Cl)n1. The van der Waals surface area contributed by atoms with Gasteiger partial charge in [-0.3, -0.25) is 9.69 Å². The van der Waals surface area contributed by atoms with Crippen molar-refractivity contribution in [2.45, 2.75) is 26.2 Å². The Kier molecular flexibility index (Phi) is 3.49. The van der Waals surface area contributed by atoms with Gasteiger partial charge in [-0.05, 0) is 12.1 Å². The van der Waals surface area contributed by atoms with E-state index in [2.05, 4.69) is 10.3 Å². The predicted molar refractivity (Wildman–Crippen MR) is 72.4 cm³/mol. The maximum atomic E-state index is 12.3. The second-order valence-corrected chi connectivity index (χ2v) is 5.89. The molecule has 0 spiro atoms. The number of hydrogen-bond acceptors (Lipinski definition) is 3. The highest BCUT2D eigenvalue weighted by molar-refractivity contribution is 6.29. The summed E-state index contributed by atoms with van der Waals surface area (Å²) in [5.74, 6) is -0.343. The first-order chi connectivity index (χ1) is 8.79. The van der Waals surface area contributed by atoms with Crippen LogP contribution in [-0.4, -0.2) is 34.9 Å². The molecule has 1 aliphatic rings. The molecule has 0 bridgehead atoms. The molecule has 0 unspecified atom stereocenters. The van der Waals surface area contributed by atoms with Gasteiger partial charge in [-0.15, -0.1) is 0 Å². The molecule has 0 aromatic carbocycles. The molecule has 0 saturated carbocycles. The molecule has 1 aromatic heterocycles. The monoisotopic (exact) mass is 281 g/mol. The van der Waals surface area contributed by atoms with Crippen LogP contribution in [0.15, 0.2) is 12.1 Å². The molecule has 2 rings (SSSR count). The molecule has 1 aliphatic heterocycles. The van der Waals surface area contributed by atoms with Crippen LogP contribution < -0.4 is 5.32 Å². The van der Waals surface area contributed by atoms with Crippen molar-refractivity contribution in [1.82, 2.24) is 15.2 Å². The van der Waals surface area contributed by atoms with Gasteiger partial charge in [0.25, 0.3) is 5.91 Å². The lowest BCUT2D eigenvalue weighted by Gasteiger charge is -2.19. The van der Waals surface area contributed by atoms with Gasteiger partial charge in [-0.25, -0.2) is 9.78 Å². The molecule has 102 valence electrons. The second-order valence-electron chi connectivity index (χ2n) is 5.50. The number of urea groups is 1. The smallest absolute Gasteiger partial charge is 0.324 e. The van der Waals surface area contributed by atoms with E-state index in [0.717, 1.165) is 5.69 Å². The molecule has 3 amide bonds. The third-order valence-corrected chi connectivity index (χ3v) is 3.11. The van der Waals surface area contributed by atoms with E-state index in [1.165, 1.54) is 11.0 Å². The molecule has 1 aromatic rings. The number of halogens is 1. The lowest BCUT2D eigenvalue weighted by atomic mass is 9.91. The van der Waals surface area contributed by atoms with E-state index in [1.807, 2.05) is 20.8 Å². The summed E-state index contributed by atoms with van der Waals surface area (Å²) in [5, 5.41) is 2.86. The van der Waals surface area contributed by atoms with Crippen LogP contribution >= 0.6 is 11.6 Å². The van der Waals surface area contributed by atoms with E-state index in [9.17, 15) is 9.59 Å². The van der Waals surface area contributed by atoms with Gasteiger partial charge >= 0.3 is 6.03 Å². The number of amides is 3. The minimum absolute atomic E-state index is 0.215. The molecule has 19 heavy (non-hydrogen) atoms. The molecule has 6 heteroatoms. The molecular formula is C13H16ClN3O2. The first-order valence-corrected chi connectivity index (χ1v) is 6.44. The van der Waals surface area contributed by atoms with Crippen molar-refractivity contribution in [2.75, 3.05) is 13.1 Å². The van der Waals surface area contributed by atoms with E-state index in [0.29, 0.717) is 18.7 Å². The summed E-state index contributed by atoms with van der Waals surface area (Å²) in [4.78, 5) is 29.2. The fourth-order valence-corrected chi connectivity index (χ4v) is 2.03. The molecule has 1 fully saturated rings. The zero-order chi connectivity index (χ0) is 14.2. The van der Waals surface area contributed by atoms with Gasteiger partial charge in [-0.1, -0.05) is 32.4 Å². The van der Waals surface area contributed by atoms with Crippen molar-refractivity contribution < 1.29 is 9.59 Å². The van der Waals surface area contributed by atoms with Gasteiger partial charge in [-0.2, -0.15) is 0 Å². The molecule has 1 saturated heterocycles. The highest BCUT2D eigenvalue weighted by atomic mass is 35.5. The highest BCUT2D eigenvalue weighted by Crippen LogP contribution is 2.24. The minimum atomic E-state index is -0.366. The van der Waals surface area contributed by atoms with Crippen molar-refractivity contribution >= 4 is 23.5 Å². The summed E-state index contributed by atoms with van der Waals surface area (Å²) in [7, 11) is 0. The maximum absolute atomic E-state index is 12.3. The Morgan fingerprint density at radius 3 is 2.63 bits per heavy atom. The van der Waals surface area contributed by atoms with Gasteiger partial charge in [0.2, 0.25) is 0 Å². The molecule has 2 heterocycles. The molecule has 5 nitrogen and oxygen atoms in total. The van der Waals surface area contributed by atoms with Crippen LogP contribution in [0.2, 0.25) is 5.15 Å². The lowest BCUT2D eigenvalue weighted by Crippen LogP contribution is -2.34. The Labute approximate surface area is 117 Å². The van der Waals surface area contributed by atoms with Crippen molar-refractivity contribution in [3.05, 3.63) is 28.5 Å². The standard InChI is InChI=1S/C13H16ClN3O2/c1-13(2,3)9-6-8(7-10(14)16-9)11(18)17-5-4-15-12(17)19/h6-7H,4-5H2,1-3H3,(H,15,19). The van der Waals surface area contributed by atoms with E-state index in [-0.39, 0.29) is 22.5 Å². The molecular weight excluding hydrogens is 266 g/mol. The Balaban J connectivity index is 2.37. The Bertz CT molecular complexity index is 537. The minimum Gasteiger partial charge on any atom is -0.336 e. The second kappa shape index (κ2) is 4.81. The number of pyridine rings is 1. The van der Waals surface area contributed by atoms with Crippen molar-refractivity contribution in [3.8, 4) is 0 Å². The summed E-state index contributed by atoms with van der Waals surface area (Å²) in [6.45, 7) is 6.82. The molecule has 0 atom stereocenters. The number of rotatable bonds is 1. The quantitative estimate of drug-likeness (QED) is 0.803. The number of imide groups is 1. The van der Waals surface area contributed by atoms with Crippen molar-refractivity contribution in [2.24, 2.45) is 0 Å². The summed E-state index contributed by atoms with van der Waals surface area (Å²) in [6.07, 6.45) is 0. The number of hydrogen-bond donors (Lipinski definition) is 1. The number of carbonyl (C=O) groups is 2. The van der Waals surface area contributed by atoms with Gasteiger partial charge < -0.3 is 5.32 Å². The fraction of sp³-hybridized carbons (Fsp3) is 0.462. The van der Waals surface area contributed by atoms with Crippen LogP contribution in [0.5, 0.6) is 0 Å². The van der Waals surface area contributed by atoms with Crippen LogP contribution in [0, 0.1) is 0 Å². The zero-order valence-corrected chi connectivity index (χ0v) is 11.9. The molecule has 0 radical (unpaired) electrons. The van der Waals surface area contributed by atoms with Crippen LogP contribution in [-0.2, 0) is 5.41 Å².